The second kappa shape index (κ2) is 4.81. The van der Waals surface area contributed by atoms with E-state index in [0.717, 1.165) is 19.8 Å². The van der Waals surface area contributed by atoms with Gasteiger partial charge in [-0.3, -0.25) is 4.90 Å². The average Bonchev–Trinajstić information content (AvgIpc) is 2.84. The normalized spacial score (nSPS) is 37.6. The van der Waals surface area contributed by atoms with Crippen LogP contribution in [0.25, 0.3) is 0 Å². The number of nitrogens with zero attached hydrogens (tertiary/aromatic N) is 1. The van der Waals surface area contributed by atoms with Crippen molar-refractivity contribution in [1.29, 1.82) is 0 Å². The van der Waals surface area contributed by atoms with E-state index in [1.54, 1.807) is 0 Å². The first kappa shape index (κ1) is 11.4. The first-order chi connectivity index (χ1) is 7.24. The third kappa shape index (κ3) is 2.52. The third-order valence-corrected chi connectivity index (χ3v) is 3.83. The molecule has 2 atom stereocenters. The number of hydrogen-bond donors (Lipinski definition) is 1. The molecule has 15 heavy (non-hydrogen) atoms. The van der Waals surface area contributed by atoms with Crippen LogP contribution in [0.5, 0.6) is 0 Å². The van der Waals surface area contributed by atoms with Crippen LogP contribution < -0.4 is 5.32 Å². The van der Waals surface area contributed by atoms with Gasteiger partial charge in [-0.15, -0.1) is 0 Å². The minimum atomic E-state index is 0.322. The van der Waals surface area contributed by atoms with E-state index in [4.69, 9.17) is 4.74 Å². The maximum absolute atomic E-state index is 5.53. The molecule has 0 radical (unpaired) electrons. The first-order valence-corrected chi connectivity index (χ1v) is 6.31. The molecule has 2 fully saturated rings. The Hall–Kier alpha value is -0.120. The van der Waals surface area contributed by atoms with Crippen molar-refractivity contribution in [2.45, 2.75) is 44.7 Å². The first-order valence-electron chi connectivity index (χ1n) is 6.31. The molecule has 0 spiro atoms. The second-order valence-corrected chi connectivity index (χ2v) is 5.19. The van der Waals surface area contributed by atoms with Crippen LogP contribution >= 0.6 is 0 Å². The lowest BCUT2D eigenvalue weighted by Gasteiger charge is -2.33. The van der Waals surface area contributed by atoms with Crippen molar-refractivity contribution >= 4 is 0 Å². The highest BCUT2D eigenvalue weighted by Gasteiger charge is 2.39. The molecular weight excluding hydrogens is 188 g/mol. The van der Waals surface area contributed by atoms with E-state index in [1.165, 1.54) is 32.4 Å². The van der Waals surface area contributed by atoms with Gasteiger partial charge in [-0.2, -0.15) is 0 Å². The molecular formula is C12H24N2O. The van der Waals surface area contributed by atoms with Crippen molar-refractivity contribution in [3.63, 3.8) is 0 Å². The van der Waals surface area contributed by atoms with Gasteiger partial charge in [0.1, 0.15) is 0 Å². The minimum absolute atomic E-state index is 0.322. The van der Waals surface area contributed by atoms with Crippen molar-refractivity contribution in [2.75, 3.05) is 32.8 Å². The van der Waals surface area contributed by atoms with Gasteiger partial charge < -0.3 is 10.1 Å². The Morgan fingerprint density at radius 3 is 3.07 bits per heavy atom. The van der Waals surface area contributed by atoms with Crippen molar-refractivity contribution in [3.05, 3.63) is 0 Å². The smallest absolute Gasteiger partial charge is 0.0648 e. The summed E-state index contributed by atoms with van der Waals surface area (Å²) in [5.41, 5.74) is 0.322. The van der Waals surface area contributed by atoms with Gasteiger partial charge in [0.05, 0.1) is 6.61 Å². The molecule has 3 nitrogen and oxygen atoms in total. The van der Waals surface area contributed by atoms with Gasteiger partial charge in [-0.05, 0) is 32.7 Å². The molecule has 2 aliphatic rings. The summed E-state index contributed by atoms with van der Waals surface area (Å²) in [6.07, 6.45) is 3.74. The molecule has 0 amide bonds. The van der Waals surface area contributed by atoms with Gasteiger partial charge in [-0.25, -0.2) is 0 Å². The average molecular weight is 212 g/mol. The topological polar surface area (TPSA) is 24.5 Å². The molecule has 2 aliphatic heterocycles. The Morgan fingerprint density at radius 2 is 2.40 bits per heavy atom. The van der Waals surface area contributed by atoms with Crippen LogP contribution in [0, 0.1) is 0 Å². The fraction of sp³-hybridized carbons (Fsp3) is 1.00. The van der Waals surface area contributed by atoms with Gasteiger partial charge in [0.2, 0.25) is 0 Å². The highest BCUT2D eigenvalue weighted by atomic mass is 16.5. The van der Waals surface area contributed by atoms with E-state index in [1.807, 2.05) is 0 Å². The summed E-state index contributed by atoms with van der Waals surface area (Å²) < 4.78 is 5.53. The zero-order chi connectivity index (χ0) is 10.7. The summed E-state index contributed by atoms with van der Waals surface area (Å²) in [5, 5.41) is 3.62. The molecule has 3 heteroatoms. The fourth-order valence-corrected chi connectivity index (χ4v) is 2.67. The summed E-state index contributed by atoms with van der Waals surface area (Å²) in [6, 6.07) is 0.711. The van der Waals surface area contributed by atoms with Gasteiger partial charge in [0.15, 0.2) is 0 Å². The fourth-order valence-electron chi connectivity index (χ4n) is 2.67. The monoisotopic (exact) mass is 212 g/mol. The molecule has 1 N–H and O–H groups in total. The number of hydrogen-bond acceptors (Lipinski definition) is 3. The van der Waals surface area contributed by atoms with Crippen LogP contribution in [-0.2, 0) is 4.74 Å². The van der Waals surface area contributed by atoms with E-state index >= 15 is 0 Å². The van der Waals surface area contributed by atoms with Gasteiger partial charge >= 0.3 is 0 Å². The lowest BCUT2D eigenvalue weighted by Crippen LogP contribution is -2.47. The Balaban J connectivity index is 1.81. The van der Waals surface area contributed by atoms with Crippen molar-refractivity contribution in [3.8, 4) is 0 Å². The van der Waals surface area contributed by atoms with Crippen LogP contribution in [-0.4, -0.2) is 49.3 Å². The van der Waals surface area contributed by atoms with Crippen molar-refractivity contribution in [1.82, 2.24) is 10.2 Å². The summed E-state index contributed by atoms with van der Waals surface area (Å²) in [5.74, 6) is 0. The van der Waals surface area contributed by atoms with Crippen LogP contribution in [0.15, 0.2) is 0 Å². The molecule has 2 unspecified atom stereocenters. The van der Waals surface area contributed by atoms with Gasteiger partial charge in [0.25, 0.3) is 0 Å². The highest BCUT2D eigenvalue weighted by Crippen LogP contribution is 2.29. The Bertz CT molecular complexity index is 202. The molecule has 0 aliphatic carbocycles. The predicted molar refractivity (Wildman–Crippen MR) is 62.1 cm³/mol. The van der Waals surface area contributed by atoms with E-state index in [2.05, 4.69) is 24.1 Å². The molecule has 0 aromatic rings. The number of ether oxygens (including phenoxy) is 1. The quantitative estimate of drug-likeness (QED) is 0.759. The van der Waals surface area contributed by atoms with Crippen LogP contribution in [0.4, 0.5) is 0 Å². The predicted octanol–water partition coefficient (Wildman–Crippen LogP) is 1.24. The maximum Gasteiger partial charge on any atom is 0.0648 e. The number of likely N-dealkylation sites (tertiary alicyclic amines) is 1. The molecule has 0 aromatic carbocycles. The SMILES string of the molecule is CCCNC1CCN(C2(C)CCOC2)C1. The molecule has 2 rings (SSSR count). The zero-order valence-corrected chi connectivity index (χ0v) is 10.1. The Kier molecular flexibility index (Phi) is 3.65. The summed E-state index contributed by atoms with van der Waals surface area (Å²) in [4.78, 5) is 2.62. The van der Waals surface area contributed by atoms with Crippen LogP contribution in [0.1, 0.15) is 33.1 Å². The maximum atomic E-state index is 5.53. The summed E-state index contributed by atoms with van der Waals surface area (Å²) in [6.45, 7) is 10.1. The van der Waals surface area contributed by atoms with Gasteiger partial charge in [0, 0.05) is 31.3 Å². The lowest BCUT2D eigenvalue weighted by molar-refractivity contribution is 0.0982. The Labute approximate surface area is 93.2 Å². The van der Waals surface area contributed by atoms with Gasteiger partial charge in [-0.1, -0.05) is 6.92 Å². The second-order valence-electron chi connectivity index (χ2n) is 5.19. The summed E-state index contributed by atoms with van der Waals surface area (Å²) >= 11 is 0. The molecule has 0 bridgehead atoms. The summed E-state index contributed by atoms with van der Waals surface area (Å²) in [7, 11) is 0. The molecule has 2 heterocycles. The van der Waals surface area contributed by atoms with E-state index < -0.39 is 0 Å². The molecule has 0 aromatic heterocycles. The number of rotatable bonds is 4. The highest BCUT2D eigenvalue weighted by molar-refractivity contribution is 4.95. The minimum Gasteiger partial charge on any atom is -0.379 e. The third-order valence-electron chi connectivity index (χ3n) is 3.83. The lowest BCUT2D eigenvalue weighted by atomic mass is 10.00. The zero-order valence-electron chi connectivity index (χ0n) is 10.1. The Morgan fingerprint density at radius 1 is 1.53 bits per heavy atom. The largest absolute Gasteiger partial charge is 0.379 e. The van der Waals surface area contributed by atoms with Crippen LogP contribution in [0.2, 0.25) is 0 Å². The van der Waals surface area contributed by atoms with Crippen LogP contribution in [0.3, 0.4) is 0 Å². The molecule has 2 saturated heterocycles. The number of nitrogens with one attached hydrogen (secondary N) is 1. The van der Waals surface area contributed by atoms with Crippen molar-refractivity contribution in [2.24, 2.45) is 0 Å². The molecule has 88 valence electrons. The van der Waals surface area contributed by atoms with Crippen molar-refractivity contribution < 1.29 is 4.74 Å². The van der Waals surface area contributed by atoms with E-state index in [0.29, 0.717) is 11.6 Å². The van der Waals surface area contributed by atoms with E-state index in [-0.39, 0.29) is 0 Å². The molecule has 0 saturated carbocycles. The standard InChI is InChI=1S/C12H24N2O/c1-3-6-13-11-4-7-14(9-11)12(2)5-8-15-10-12/h11,13H,3-10H2,1-2H3. The van der Waals surface area contributed by atoms with E-state index in [9.17, 15) is 0 Å².